The second-order valence-electron chi connectivity index (χ2n) is 1.43. The number of carbonyl (C=O) groups excluding carboxylic acids is 2. The van der Waals surface area contributed by atoms with Gasteiger partial charge in [-0.05, 0) is 0 Å². The Balaban J connectivity index is 0. The molecule has 0 saturated carbocycles. The van der Waals surface area contributed by atoms with E-state index in [2.05, 4.69) is 10.9 Å². The number of carbonyl (C=O) groups is 2. The number of amides is 2. The van der Waals surface area contributed by atoms with Crippen molar-refractivity contribution in [1.82, 2.24) is 10.9 Å². The minimum Gasteiger partial charge on any atom is -0.322 e. The molecule has 0 aromatic heterocycles. The Bertz CT molecular complexity index is 128. The van der Waals surface area contributed by atoms with E-state index in [4.69, 9.17) is 5.73 Å². The zero-order valence-electron chi connectivity index (χ0n) is 5.51. The standard InChI is InChI=1S/C4H9N3O2.ClH/c1-3(8)6-7-4(9)2-5;/h2,5H2,1H3,(H,6,8)(H,7,9);1H. The van der Waals surface area contributed by atoms with E-state index in [0.29, 0.717) is 0 Å². The van der Waals surface area contributed by atoms with Crippen LogP contribution < -0.4 is 16.6 Å². The van der Waals surface area contributed by atoms with Gasteiger partial charge in [-0.15, -0.1) is 12.4 Å². The van der Waals surface area contributed by atoms with Crippen LogP contribution in [0.15, 0.2) is 0 Å². The van der Waals surface area contributed by atoms with Crippen LogP contribution in [0.1, 0.15) is 6.92 Å². The maximum atomic E-state index is 10.3. The lowest BCUT2D eigenvalue weighted by molar-refractivity contribution is -0.127. The van der Waals surface area contributed by atoms with Crippen molar-refractivity contribution in [2.45, 2.75) is 6.92 Å². The van der Waals surface area contributed by atoms with Crippen LogP contribution >= 0.6 is 12.4 Å². The molecule has 60 valence electrons. The molecule has 0 bridgehead atoms. The highest BCUT2D eigenvalue weighted by atomic mass is 35.5. The molecule has 0 spiro atoms. The van der Waals surface area contributed by atoms with Gasteiger partial charge in [0.2, 0.25) is 5.91 Å². The lowest BCUT2D eigenvalue weighted by Gasteiger charge is -2.00. The van der Waals surface area contributed by atoms with E-state index < -0.39 is 5.91 Å². The van der Waals surface area contributed by atoms with Crippen LogP contribution in [0.5, 0.6) is 0 Å². The molecule has 0 aromatic rings. The lowest BCUT2D eigenvalue weighted by Crippen LogP contribution is -2.43. The van der Waals surface area contributed by atoms with E-state index in [1.807, 2.05) is 0 Å². The molecular weight excluding hydrogens is 158 g/mol. The smallest absolute Gasteiger partial charge is 0.252 e. The Kier molecular flexibility index (Phi) is 7.53. The third kappa shape index (κ3) is 7.19. The van der Waals surface area contributed by atoms with E-state index in [0.717, 1.165) is 0 Å². The van der Waals surface area contributed by atoms with Crippen molar-refractivity contribution in [2.24, 2.45) is 5.73 Å². The quantitative estimate of drug-likeness (QED) is 0.417. The number of hydrogen-bond acceptors (Lipinski definition) is 3. The van der Waals surface area contributed by atoms with Crippen LogP contribution in [0.2, 0.25) is 0 Å². The molecule has 6 heteroatoms. The van der Waals surface area contributed by atoms with Gasteiger partial charge < -0.3 is 5.73 Å². The molecule has 0 rings (SSSR count). The number of hydrogen-bond donors (Lipinski definition) is 3. The summed E-state index contributed by atoms with van der Waals surface area (Å²) in [5.41, 5.74) is 9.04. The molecule has 10 heavy (non-hydrogen) atoms. The van der Waals surface area contributed by atoms with Gasteiger partial charge in [-0.1, -0.05) is 0 Å². The molecule has 5 nitrogen and oxygen atoms in total. The Labute approximate surface area is 64.7 Å². The van der Waals surface area contributed by atoms with E-state index in [1.54, 1.807) is 0 Å². The molecule has 0 saturated heterocycles. The Morgan fingerprint density at radius 1 is 1.40 bits per heavy atom. The van der Waals surface area contributed by atoms with Crippen LogP contribution in [0, 0.1) is 0 Å². The summed E-state index contributed by atoms with van der Waals surface area (Å²) in [4.78, 5) is 20.4. The Hall–Kier alpha value is -0.810. The van der Waals surface area contributed by atoms with E-state index in [-0.39, 0.29) is 24.9 Å². The fourth-order valence-corrected chi connectivity index (χ4v) is 0.209. The van der Waals surface area contributed by atoms with Crippen LogP contribution in [0.25, 0.3) is 0 Å². The number of halogens is 1. The molecule has 2 amide bonds. The van der Waals surface area contributed by atoms with Gasteiger partial charge in [-0.25, -0.2) is 0 Å². The topological polar surface area (TPSA) is 84.2 Å². The summed E-state index contributed by atoms with van der Waals surface area (Å²) in [5.74, 6) is -0.734. The zero-order valence-corrected chi connectivity index (χ0v) is 6.33. The second kappa shape index (κ2) is 6.31. The summed E-state index contributed by atoms with van der Waals surface area (Å²) in [5, 5.41) is 0. The zero-order chi connectivity index (χ0) is 7.28. The van der Waals surface area contributed by atoms with Crippen LogP contribution in [-0.2, 0) is 9.59 Å². The van der Waals surface area contributed by atoms with Crippen LogP contribution in [0.3, 0.4) is 0 Å². The van der Waals surface area contributed by atoms with E-state index in [9.17, 15) is 9.59 Å². The highest BCUT2D eigenvalue weighted by Gasteiger charge is 1.94. The van der Waals surface area contributed by atoms with E-state index >= 15 is 0 Å². The number of rotatable bonds is 1. The SMILES string of the molecule is CC(=O)NNC(=O)CN.Cl. The summed E-state index contributed by atoms with van der Waals surface area (Å²) in [6.07, 6.45) is 0. The van der Waals surface area contributed by atoms with Gasteiger partial charge in [0.1, 0.15) is 0 Å². The van der Waals surface area contributed by atoms with Crippen molar-refractivity contribution >= 4 is 24.2 Å². The second-order valence-corrected chi connectivity index (χ2v) is 1.43. The number of nitrogens with two attached hydrogens (primary N) is 1. The van der Waals surface area contributed by atoms with Gasteiger partial charge in [0, 0.05) is 6.92 Å². The average molecular weight is 168 g/mol. The molecular formula is C4H10ClN3O2. The predicted octanol–water partition coefficient (Wildman–Crippen LogP) is -1.47. The first kappa shape index (κ1) is 11.9. The monoisotopic (exact) mass is 167 g/mol. The van der Waals surface area contributed by atoms with Gasteiger partial charge in [0.05, 0.1) is 6.54 Å². The molecule has 0 heterocycles. The number of nitrogens with one attached hydrogen (secondary N) is 2. The van der Waals surface area contributed by atoms with E-state index in [1.165, 1.54) is 6.92 Å². The fraction of sp³-hybridized carbons (Fsp3) is 0.500. The summed E-state index contributed by atoms with van der Waals surface area (Å²) in [6, 6.07) is 0. The summed E-state index contributed by atoms with van der Waals surface area (Å²) >= 11 is 0. The predicted molar refractivity (Wildman–Crippen MR) is 38.3 cm³/mol. The first-order chi connectivity index (χ1) is 4.16. The first-order valence-corrected chi connectivity index (χ1v) is 2.42. The molecule has 0 radical (unpaired) electrons. The van der Waals surface area contributed by atoms with Crippen molar-refractivity contribution in [3.8, 4) is 0 Å². The minimum absolute atomic E-state index is 0. The fourth-order valence-electron chi connectivity index (χ4n) is 0.209. The van der Waals surface area contributed by atoms with Crippen molar-refractivity contribution in [3.05, 3.63) is 0 Å². The van der Waals surface area contributed by atoms with Gasteiger partial charge in [0.15, 0.2) is 0 Å². The molecule has 0 aromatic carbocycles. The first-order valence-electron chi connectivity index (χ1n) is 2.42. The molecule has 0 aliphatic rings. The normalized spacial score (nSPS) is 7.40. The van der Waals surface area contributed by atoms with Crippen molar-refractivity contribution in [3.63, 3.8) is 0 Å². The van der Waals surface area contributed by atoms with Gasteiger partial charge in [-0.3, -0.25) is 20.4 Å². The van der Waals surface area contributed by atoms with Crippen molar-refractivity contribution in [1.29, 1.82) is 0 Å². The molecule has 0 atom stereocenters. The largest absolute Gasteiger partial charge is 0.322 e. The Morgan fingerprint density at radius 2 is 1.90 bits per heavy atom. The summed E-state index contributed by atoms with van der Waals surface area (Å²) in [7, 11) is 0. The third-order valence-corrected chi connectivity index (χ3v) is 0.563. The van der Waals surface area contributed by atoms with Crippen molar-refractivity contribution in [2.75, 3.05) is 6.54 Å². The van der Waals surface area contributed by atoms with Crippen LogP contribution in [0.4, 0.5) is 0 Å². The van der Waals surface area contributed by atoms with Crippen LogP contribution in [-0.4, -0.2) is 18.4 Å². The molecule has 4 N–H and O–H groups in total. The average Bonchev–Trinajstić information content (AvgIpc) is 1.83. The van der Waals surface area contributed by atoms with Gasteiger partial charge >= 0.3 is 0 Å². The maximum Gasteiger partial charge on any atom is 0.252 e. The highest BCUT2D eigenvalue weighted by Crippen LogP contribution is 1.55. The van der Waals surface area contributed by atoms with Gasteiger partial charge in [0.25, 0.3) is 5.91 Å². The summed E-state index contributed by atoms with van der Waals surface area (Å²) in [6.45, 7) is 1.16. The minimum atomic E-state index is -0.412. The van der Waals surface area contributed by atoms with Crippen molar-refractivity contribution < 1.29 is 9.59 Å². The molecule has 0 fully saturated rings. The Morgan fingerprint density at radius 3 is 2.20 bits per heavy atom. The molecule has 0 unspecified atom stereocenters. The number of hydrazine groups is 1. The summed E-state index contributed by atoms with van der Waals surface area (Å²) < 4.78 is 0. The van der Waals surface area contributed by atoms with Gasteiger partial charge in [-0.2, -0.15) is 0 Å². The molecule has 0 aliphatic heterocycles. The third-order valence-electron chi connectivity index (χ3n) is 0.563. The lowest BCUT2D eigenvalue weighted by atomic mass is 10.6. The highest BCUT2D eigenvalue weighted by molar-refractivity contribution is 5.85. The molecule has 0 aliphatic carbocycles. The maximum absolute atomic E-state index is 10.3.